The van der Waals surface area contributed by atoms with Gasteiger partial charge in [0, 0.05) is 11.4 Å². The van der Waals surface area contributed by atoms with Gasteiger partial charge in [-0.15, -0.1) is 5.10 Å². The van der Waals surface area contributed by atoms with E-state index in [1.807, 2.05) is 36.4 Å². The van der Waals surface area contributed by atoms with Gasteiger partial charge in [-0.25, -0.2) is 4.68 Å². The third-order valence-corrected chi connectivity index (χ3v) is 6.82. The number of rotatable bonds is 7. The Balaban J connectivity index is 1.50. The van der Waals surface area contributed by atoms with Gasteiger partial charge in [0.1, 0.15) is 17.4 Å². The second kappa shape index (κ2) is 10.2. The average Bonchev–Trinajstić information content (AvgIpc) is 3.29. The molecule has 2 heterocycles. The van der Waals surface area contributed by atoms with E-state index in [1.165, 1.54) is 11.8 Å². The number of anilines is 2. The van der Waals surface area contributed by atoms with Crippen LogP contribution >= 0.6 is 11.8 Å². The van der Waals surface area contributed by atoms with Crippen molar-refractivity contribution in [3.63, 3.8) is 0 Å². The summed E-state index contributed by atoms with van der Waals surface area (Å²) in [6.45, 7) is 4.15. The number of fused-ring (bicyclic) bond motifs is 1. The molecule has 0 saturated carbocycles. The maximum Gasteiger partial charge on any atom is 0.236 e. The van der Waals surface area contributed by atoms with Gasteiger partial charge in [0.2, 0.25) is 17.0 Å². The predicted octanol–water partition coefficient (Wildman–Crippen LogP) is 5.07. The summed E-state index contributed by atoms with van der Waals surface area (Å²) in [5, 5.41) is 21.6. The first-order chi connectivity index (χ1) is 17.5. The van der Waals surface area contributed by atoms with E-state index in [0.29, 0.717) is 39.6 Å². The lowest BCUT2D eigenvalue weighted by atomic mass is 9.88. The summed E-state index contributed by atoms with van der Waals surface area (Å²) in [5.41, 5.74) is 2.90. The van der Waals surface area contributed by atoms with E-state index in [1.54, 1.807) is 42.1 Å². The van der Waals surface area contributed by atoms with Crippen molar-refractivity contribution in [2.24, 2.45) is 5.92 Å². The fourth-order valence-corrected chi connectivity index (χ4v) is 5.01. The van der Waals surface area contributed by atoms with E-state index in [9.17, 15) is 9.90 Å². The molecule has 36 heavy (non-hydrogen) atoms. The number of methoxy groups -OCH3 is 1. The highest BCUT2D eigenvalue weighted by atomic mass is 32.2. The summed E-state index contributed by atoms with van der Waals surface area (Å²) < 4.78 is 7.09. The number of phenols is 1. The number of aromatic hydroxyl groups is 1. The minimum Gasteiger partial charge on any atom is -0.508 e. The number of phenolic OH excluding ortho intramolecular Hbond substituents is 1. The Morgan fingerprint density at radius 2 is 1.92 bits per heavy atom. The van der Waals surface area contributed by atoms with Crippen LogP contribution in [0, 0.1) is 5.92 Å². The van der Waals surface area contributed by atoms with Crippen molar-refractivity contribution in [2.45, 2.75) is 17.0 Å². The number of ether oxygens (including phenoxy) is 1. The summed E-state index contributed by atoms with van der Waals surface area (Å²) >= 11 is 1.51. The Bertz CT molecular complexity index is 1410. The van der Waals surface area contributed by atoms with Crippen molar-refractivity contribution in [1.29, 1.82) is 0 Å². The minimum atomic E-state index is -0.738. The highest BCUT2D eigenvalue weighted by Crippen LogP contribution is 2.40. The molecule has 3 aromatic carbocycles. The van der Waals surface area contributed by atoms with E-state index >= 15 is 0 Å². The zero-order valence-electron chi connectivity index (χ0n) is 19.6. The van der Waals surface area contributed by atoms with Crippen LogP contribution in [0.1, 0.15) is 17.2 Å². The molecule has 2 atom stereocenters. The molecule has 0 fully saturated rings. The van der Waals surface area contributed by atoms with Gasteiger partial charge in [-0.1, -0.05) is 72.9 Å². The Hall–Kier alpha value is -4.24. The third-order valence-electron chi connectivity index (χ3n) is 5.91. The van der Waals surface area contributed by atoms with Gasteiger partial charge >= 0.3 is 0 Å². The number of nitrogens with zero attached hydrogens (tertiary/aromatic N) is 3. The van der Waals surface area contributed by atoms with Gasteiger partial charge in [0.05, 0.1) is 18.8 Å². The highest BCUT2D eigenvalue weighted by Gasteiger charge is 2.40. The van der Waals surface area contributed by atoms with Crippen LogP contribution in [0.2, 0.25) is 0 Å². The van der Waals surface area contributed by atoms with Gasteiger partial charge in [0.25, 0.3) is 0 Å². The van der Waals surface area contributed by atoms with Crippen molar-refractivity contribution in [3.05, 3.63) is 102 Å². The van der Waals surface area contributed by atoms with Crippen molar-refractivity contribution < 1.29 is 14.6 Å². The molecule has 8 nitrogen and oxygen atoms in total. The van der Waals surface area contributed by atoms with E-state index in [4.69, 9.17) is 9.84 Å². The monoisotopic (exact) mass is 499 g/mol. The number of carbonyl (C=O) groups is 1. The molecule has 0 bridgehead atoms. The van der Waals surface area contributed by atoms with Gasteiger partial charge in [-0.05, 0) is 35.4 Å². The highest BCUT2D eigenvalue weighted by molar-refractivity contribution is 7.98. The van der Waals surface area contributed by atoms with Crippen LogP contribution in [0.4, 0.5) is 11.6 Å². The number of thioether (sulfide) groups is 1. The molecule has 182 valence electrons. The molecule has 1 aliphatic rings. The van der Waals surface area contributed by atoms with Crippen molar-refractivity contribution in [1.82, 2.24) is 14.8 Å². The largest absolute Gasteiger partial charge is 0.508 e. The zero-order valence-corrected chi connectivity index (χ0v) is 20.4. The first-order valence-corrected chi connectivity index (χ1v) is 12.3. The maximum absolute atomic E-state index is 13.6. The van der Waals surface area contributed by atoms with Crippen LogP contribution < -0.4 is 15.4 Å². The van der Waals surface area contributed by atoms with Crippen LogP contribution in [-0.2, 0) is 10.5 Å². The number of benzene rings is 3. The van der Waals surface area contributed by atoms with Gasteiger partial charge in [0.15, 0.2) is 0 Å². The average molecular weight is 500 g/mol. The van der Waals surface area contributed by atoms with Crippen molar-refractivity contribution in [3.8, 4) is 11.5 Å². The number of aromatic nitrogens is 3. The molecule has 1 amide bonds. The molecular formula is C27H25N5O3S. The zero-order chi connectivity index (χ0) is 25.1. The lowest BCUT2D eigenvalue weighted by Crippen LogP contribution is -2.39. The van der Waals surface area contributed by atoms with Crippen LogP contribution in [0.3, 0.4) is 0 Å². The van der Waals surface area contributed by atoms with E-state index in [-0.39, 0.29) is 11.7 Å². The van der Waals surface area contributed by atoms with Crippen molar-refractivity contribution >= 4 is 29.3 Å². The smallest absolute Gasteiger partial charge is 0.236 e. The summed E-state index contributed by atoms with van der Waals surface area (Å²) in [7, 11) is 1.55. The Labute approximate surface area is 213 Å². The molecule has 0 aliphatic carbocycles. The molecule has 0 unspecified atom stereocenters. The number of carbonyl (C=O) groups excluding carboxylic acids is 1. The standard InChI is InChI=1S/C27H25N5O3S/c1-17-23(25(34)29-21-13-6-7-14-22(21)35-2)24(19-11-8-12-20(33)15-19)32-26(28-17)30-27(31-32)36-16-18-9-4-3-5-10-18/h3-15,23-24,33H,1,16H2,2H3,(H,29,34)(H,28,30,31)/t23-,24+/m0/s1. The minimum absolute atomic E-state index is 0.0980. The summed E-state index contributed by atoms with van der Waals surface area (Å²) in [6.07, 6.45) is 0. The fraction of sp³-hybridized carbons (Fsp3) is 0.148. The number of para-hydroxylation sites is 2. The SMILES string of the molecule is C=C1Nc2nc(SCc3ccccc3)nn2[C@H](c2cccc(O)c2)[C@H]1C(=O)Nc1ccccc1OC. The molecule has 0 radical (unpaired) electrons. The van der Waals surface area contributed by atoms with Crippen LogP contribution in [-0.4, -0.2) is 32.9 Å². The Morgan fingerprint density at radius 3 is 2.69 bits per heavy atom. The lowest BCUT2D eigenvalue weighted by molar-refractivity contribution is -0.119. The first kappa shape index (κ1) is 23.5. The summed E-state index contributed by atoms with van der Waals surface area (Å²) in [4.78, 5) is 18.3. The molecular weight excluding hydrogens is 474 g/mol. The quantitative estimate of drug-likeness (QED) is 0.305. The van der Waals surface area contributed by atoms with Crippen LogP contribution in [0.5, 0.6) is 11.5 Å². The topological polar surface area (TPSA) is 101 Å². The van der Waals surface area contributed by atoms with E-state index in [0.717, 1.165) is 5.56 Å². The first-order valence-electron chi connectivity index (χ1n) is 11.4. The number of hydrogen-bond donors (Lipinski definition) is 3. The molecule has 1 aromatic heterocycles. The Morgan fingerprint density at radius 1 is 1.14 bits per heavy atom. The van der Waals surface area contributed by atoms with Gasteiger partial charge in [-0.3, -0.25) is 4.79 Å². The Kier molecular flexibility index (Phi) is 6.64. The predicted molar refractivity (Wildman–Crippen MR) is 140 cm³/mol. The number of hydrogen-bond acceptors (Lipinski definition) is 7. The number of amides is 1. The molecule has 1 aliphatic heterocycles. The second-order valence-corrected chi connectivity index (χ2v) is 9.24. The summed E-state index contributed by atoms with van der Waals surface area (Å²) in [6, 6.07) is 23.5. The second-order valence-electron chi connectivity index (χ2n) is 8.29. The van der Waals surface area contributed by atoms with Crippen molar-refractivity contribution in [2.75, 3.05) is 17.7 Å². The molecule has 4 aromatic rings. The maximum atomic E-state index is 13.6. The van der Waals surface area contributed by atoms with E-state index < -0.39 is 12.0 Å². The van der Waals surface area contributed by atoms with Gasteiger partial charge in [-0.2, -0.15) is 4.98 Å². The van der Waals surface area contributed by atoms with E-state index in [2.05, 4.69) is 34.3 Å². The molecule has 0 spiro atoms. The molecule has 9 heteroatoms. The normalized spacial score (nSPS) is 16.6. The summed E-state index contributed by atoms with van der Waals surface area (Å²) in [5.74, 6) is 0.823. The lowest BCUT2D eigenvalue weighted by Gasteiger charge is -2.33. The third kappa shape index (κ3) is 4.78. The molecule has 3 N–H and O–H groups in total. The molecule has 5 rings (SSSR count). The van der Waals surface area contributed by atoms with Gasteiger partial charge < -0.3 is 20.5 Å². The molecule has 0 saturated heterocycles. The van der Waals surface area contributed by atoms with Crippen LogP contribution in [0.25, 0.3) is 0 Å². The number of nitrogens with one attached hydrogen (secondary N) is 2. The fourth-order valence-electron chi connectivity index (χ4n) is 4.22. The van der Waals surface area contributed by atoms with Crippen LogP contribution in [0.15, 0.2) is 96.3 Å².